The molecule has 1 heteroatoms. The van der Waals surface area contributed by atoms with Crippen LogP contribution in [0, 0.1) is 5.41 Å². The fourth-order valence-electron chi connectivity index (χ4n) is 3.16. The molecule has 1 aromatic rings. The molecule has 0 aliphatic heterocycles. The highest BCUT2D eigenvalue weighted by Gasteiger charge is 2.26. The van der Waals surface area contributed by atoms with E-state index in [1.54, 1.807) is 0 Å². The van der Waals surface area contributed by atoms with Gasteiger partial charge in [-0.05, 0) is 17.4 Å². The van der Waals surface area contributed by atoms with Crippen molar-refractivity contribution in [2.45, 2.75) is 91.0 Å². The molecule has 0 amide bonds. The van der Waals surface area contributed by atoms with Crippen LogP contribution >= 0.6 is 0 Å². The average molecular weight is 304 g/mol. The predicted octanol–water partition coefficient (Wildman–Crippen LogP) is 6.63. The van der Waals surface area contributed by atoms with Crippen LogP contribution in [0.4, 0.5) is 0 Å². The summed E-state index contributed by atoms with van der Waals surface area (Å²) in [5.41, 5.74) is 7.93. The van der Waals surface area contributed by atoms with E-state index < -0.39 is 0 Å². The molecule has 0 aliphatic rings. The van der Waals surface area contributed by atoms with Crippen LogP contribution in [-0.4, -0.2) is 0 Å². The minimum absolute atomic E-state index is 0.141. The largest absolute Gasteiger partial charge is 0.324 e. The van der Waals surface area contributed by atoms with Crippen molar-refractivity contribution >= 4 is 0 Å². The van der Waals surface area contributed by atoms with Crippen molar-refractivity contribution in [3.8, 4) is 0 Å². The first kappa shape index (κ1) is 19.2. The molecule has 0 bridgehead atoms. The molecule has 0 aliphatic carbocycles. The fraction of sp³-hybridized carbons (Fsp3) is 0.714. The molecular weight excluding hydrogens is 266 g/mol. The highest BCUT2D eigenvalue weighted by Crippen LogP contribution is 2.36. The third-order valence-corrected chi connectivity index (χ3v) is 4.93. The van der Waals surface area contributed by atoms with Gasteiger partial charge < -0.3 is 5.73 Å². The number of unbranched alkanes of at least 4 members (excludes halogenated alkanes) is 8. The van der Waals surface area contributed by atoms with Gasteiger partial charge >= 0.3 is 0 Å². The van der Waals surface area contributed by atoms with Gasteiger partial charge in [0.15, 0.2) is 0 Å². The molecule has 22 heavy (non-hydrogen) atoms. The minimum Gasteiger partial charge on any atom is -0.324 e. The molecule has 1 atom stereocenters. The maximum atomic E-state index is 6.48. The van der Waals surface area contributed by atoms with Gasteiger partial charge in [-0.2, -0.15) is 0 Å². The zero-order valence-electron chi connectivity index (χ0n) is 15.1. The second-order valence-electron chi connectivity index (χ2n) is 7.46. The molecule has 1 rings (SSSR count). The summed E-state index contributed by atoms with van der Waals surface area (Å²) >= 11 is 0. The quantitative estimate of drug-likeness (QED) is 0.431. The van der Waals surface area contributed by atoms with Crippen LogP contribution in [0.15, 0.2) is 30.3 Å². The average Bonchev–Trinajstić information content (AvgIpc) is 2.53. The van der Waals surface area contributed by atoms with Gasteiger partial charge in [0.1, 0.15) is 0 Å². The van der Waals surface area contributed by atoms with Crippen molar-refractivity contribution in [1.82, 2.24) is 0 Å². The highest BCUT2D eigenvalue weighted by atomic mass is 14.7. The summed E-state index contributed by atoms with van der Waals surface area (Å²) in [4.78, 5) is 0. The molecule has 0 saturated carbocycles. The standard InChI is InChI=1S/C21H37N/c1-4-5-6-7-8-9-10-11-15-18-21(2,3)20(22)19-16-13-12-14-17-19/h12-14,16-17,20H,4-11,15,18,22H2,1-3H3. The lowest BCUT2D eigenvalue weighted by molar-refractivity contribution is 0.255. The number of hydrogen-bond donors (Lipinski definition) is 1. The first-order valence-corrected chi connectivity index (χ1v) is 9.38. The van der Waals surface area contributed by atoms with E-state index in [0.29, 0.717) is 0 Å². The van der Waals surface area contributed by atoms with Crippen molar-refractivity contribution < 1.29 is 0 Å². The second kappa shape index (κ2) is 10.8. The van der Waals surface area contributed by atoms with Crippen LogP contribution < -0.4 is 5.73 Å². The number of hydrogen-bond acceptors (Lipinski definition) is 1. The lowest BCUT2D eigenvalue weighted by Crippen LogP contribution is -2.29. The van der Waals surface area contributed by atoms with E-state index in [-0.39, 0.29) is 11.5 Å². The van der Waals surface area contributed by atoms with E-state index in [1.807, 2.05) is 0 Å². The van der Waals surface area contributed by atoms with Crippen molar-refractivity contribution in [3.05, 3.63) is 35.9 Å². The molecule has 0 heterocycles. The zero-order valence-corrected chi connectivity index (χ0v) is 15.1. The number of nitrogens with two attached hydrogens (primary N) is 1. The Morgan fingerprint density at radius 1 is 0.818 bits per heavy atom. The van der Waals surface area contributed by atoms with Crippen molar-refractivity contribution in [2.24, 2.45) is 11.1 Å². The summed E-state index contributed by atoms with van der Waals surface area (Å²) in [6.07, 6.45) is 13.7. The van der Waals surface area contributed by atoms with Gasteiger partial charge in [0.05, 0.1) is 0 Å². The molecule has 0 aromatic heterocycles. The van der Waals surface area contributed by atoms with Crippen LogP contribution in [0.25, 0.3) is 0 Å². The van der Waals surface area contributed by atoms with Gasteiger partial charge in [0, 0.05) is 6.04 Å². The third-order valence-electron chi connectivity index (χ3n) is 4.93. The molecule has 0 fully saturated rings. The van der Waals surface area contributed by atoms with Crippen molar-refractivity contribution in [2.75, 3.05) is 0 Å². The molecule has 1 unspecified atom stereocenters. The summed E-state index contributed by atoms with van der Waals surface area (Å²) < 4.78 is 0. The maximum absolute atomic E-state index is 6.48. The Morgan fingerprint density at radius 2 is 1.32 bits per heavy atom. The van der Waals surface area contributed by atoms with Gasteiger partial charge in [-0.15, -0.1) is 0 Å². The van der Waals surface area contributed by atoms with Crippen LogP contribution in [0.3, 0.4) is 0 Å². The van der Waals surface area contributed by atoms with E-state index in [9.17, 15) is 0 Å². The van der Waals surface area contributed by atoms with Gasteiger partial charge in [0.2, 0.25) is 0 Å². The molecule has 1 nitrogen and oxygen atoms in total. The predicted molar refractivity (Wildman–Crippen MR) is 99.0 cm³/mol. The van der Waals surface area contributed by atoms with Crippen LogP contribution in [0.5, 0.6) is 0 Å². The maximum Gasteiger partial charge on any atom is 0.0346 e. The molecule has 0 saturated heterocycles. The molecule has 2 N–H and O–H groups in total. The Morgan fingerprint density at radius 3 is 1.86 bits per heavy atom. The Labute approximate surface area is 138 Å². The monoisotopic (exact) mass is 303 g/mol. The summed E-state index contributed by atoms with van der Waals surface area (Å²) in [6.45, 7) is 6.91. The summed E-state index contributed by atoms with van der Waals surface area (Å²) in [6, 6.07) is 10.7. The Hall–Kier alpha value is -0.820. The lowest BCUT2D eigenvalue weighted by Gasteiger charge is -2.32. The SMILES string of the molecule is CCCCCCCCCCCC(C)(C)C(N)c1ccccc1. The second-order valence-corrected chi connectivity index (χ2v) is 7.46. The van der Waals surface area contributed by atoms with Crippen molar-refractivity contribution in [3.63, 3.8) is 0 Å². The topological polar surface area (TPSA) is 26.0 Å². The van der Waals surface area contributed by atoms with Gasteiger partial charge in [-0.3, -0.25) is 0 Å². The molecular formula is C21H37N. The lowest BCUT2D eigenvalue weighted by atomic mass is 9.77. The van der Waals surface area contributed by atoms with Crippen LogP contribution in [-0.2, 0) is 0 Å². The number of benzene rings is 1. The fourth-order valence-corrected chi connectivity index (χ4v) is 3.16. The van der Waals surface area contributed by atoms with E-state index in [4.69, 9.17) is 5.73 Å². The Balaban J connectivity index is 2.15. The van der Waals surface area contributed by atoms with Crippen LogP contribution in [0.2, 0.25) is 0 Å². The molecule has 1 aromatic carbocycles. The molecule has 0 spiro atoms. The first-order valence-electron chi connectivity index (χ1n) is 9.38. The summed E-state index contributed by atoms with van der Waals surface area (Å²) in [5, 5.41) is 0. The zero-order chi connectivity index (χ0) is 16.3. The molecule has 126 valence electrons. The van der Waals surface area contributed by atoms with E-state index >= 15 is 0 Å². The van der Waals surface area contributed by atoms with E-state index in [1.165, 1.54) is 69.8 Å². The van der Waals surface area contributed by atoms with Crippen molar-refractivity contribution in [1.29, 1.82) is 0 Å². The normalized spacial score (nSPS) is 13.3. The van der Waals surface area contributed by atoms with Crippen LogP contribution in [0.1, 0.15) is 96.6 Å². The first-order chi connectivity index (χ1) is 10.6. The van der Waals surface area contributed by atoms with Gasteiger partial charge in [-0.25, -0.2) is 0 Å². The highest BCUT2D eigenvalue weighted by molar-refractivity contribution is 5.20. The summed E-state index contributed by atoms with van der Waals surface area (Å²) in [7, 11) is 0. The van der Waals surface area contributed by atoms with Gasteiger partial charge in [-0.1, -0.05) is 109 Å². The minimum atomic E-state index is 0.141. The Kier molecular flexibility index (Phi) is 9.47. The van der Waals surface area contributed by atoms with E-state index in [0.717, 1.165) is 0 Å². The number of rotatable bonds is 12. The summed E-state index contributed by atoms with van der Waals surface area (Å²) in [5.74, 6) is 0. The van der Waals surface area contributed by atoms with Gasteiger partial charge in [0.25, 0.3) is 0 Å². The molecule has 0 radical (unpaired) electrons. The third kappa shape index (κ3) is 7.45. The smallest absolute Gasteiger partial charge is 0.0346 e. The Bertz CT molecular complexity index is 369. The van der Waals surface area contributed by atoms with E-state index in [2.05, 4.69) is 51.1 Å².